The van der Waals surface area contributed by atoms with Crippen molar-refractivity contribution in [2.75, 3.05) is 5.32 Å². The Morgan fingerprint density at radius 3 is 2.71 bits per heavy atom. The summed E-state index contributed by atoms with van der Waals surface area (Å²) in [5.74, 6) is 1.08. The van der Waals surface area contributed by atoms with Crippen molar-refractivity contribution in [1.29, 1.82) is 0 Å². The largest absolute Gasteiger partial charge is 0.346 e. The van der Waals surface area contributed by atoms with Gasteiger partial charge in [-0.3, -0.25) is 4.79 Å². The molecular formula is C17H21N3O. The highest BCUT2D eigenvalue weighted by Gasteiger charge is 2.27. The fourth-order valence-corrected chi connectivity index (χ4v) is 3.08. The average Bonchev–Trinajstić information content (AvgIpc) is 2.81. The molecule has 0 saturated carbocycles. The number of imidazole rings is 1. The van der Waals surface area contributed by atoms with Crippen LogP contribution in [-0.2, 0) is 17.6 Å². The van der Waals surface area contributed by atoms with Crippen LogP contribution in [0.4, 0.5) is 5.69 Å². The number of hydrogen-bond donors (Lipinski definition) is 2. The number of carbonyl (C=O) groups is 1. The molecule has 1 amide bonds. The van der Waals surface area contributed by atoms with Crippen molar-refractivity contribution in [3.8, 4) is 0 Å². The lowest BCUT2D eigenvalue weighted by molar-refractivity contribution is -0.120. The Morgan fingerprint density at radius 2 is 2.00 bits per heavy atom. The van der Waals surface area contributed by atoms with Crippen LogP contribution in [0.5, 0.6) is 0 Å². The van der Waals surface area contributed by atoms with Gasteiger partial charge in [-0.25, -0.2) is 4.98 Å². The minimum absolute atomic E-state index is 0.0244. The summed E-state index contributed by atoms with van der Waals surface area (Å²) in [7, 11) is 0. The van der Waals surface area contributed by atoms with Crippen molar-refractivity contribution in [1.82, 2.24) is 9.97 Å². The second-order valence-corrected chi connectivity index (χ2v) is 5.94. The van der Waals surface area contributed by atoms with Crippen LogP contribution in [0, 0.1) is 26.7 Å². The molecule has 0 saturated heterocycles. The summed E-state index contributed by atoms with van der Waals surface area (Å²) in [5.41, 5.74) is 5.42. The number of aromatic amines is 1. The summed E-state index contributed by atoms with van der Waals surface area (Å²) in [5, 5.41) is 3.11. The summed E-state index contributed by atoms with van der Waals surface area (Å²) < 4.78 is 0. The third-order valence-corrected chi connectivity index (χ3v) is 4.26. The third kappa shape index (κ3) is 2.71. The smallest absolute Gasteiger partial charge is 0.227 e. The molecule has 1 heterocycles. The lowest BCUT2D eigenvalue weighted by Gasteiger charge is -2.21. The number of H-pyrrole nitrogens is 1. The van der Waals surface area contributed by atoms with Crippen LogP contribution in [0.3, 0.4) is 0 Å². The highest BCUT2D eigenvalue weighted by molar-refractivity contribution is 5.94. The molecule has 1 aliphatic rings. The third-order valence-electron chi connectivity index (χ3n) is 4.26. The zero-order valence-electron chi connectivity index (χ0n) is 12.8. The van der Waals surface area contributed by atoms with Crippen LogP contribution in [0.1, 0.15) is 34.8 Å². The molecule has 0 radical (unpaired) electrons. The molecule has 1 aromatic heterocycles. The van der Waals surface area contributed by atoms with Crippen molar-refractivity contribution < 1.29 is 4.79 Å². The van der Waals surface area contributed by atoms with E-state index >= 15 is 0 Å². The summed E-state index contributed by atoms with van der Waals surface area (Å²) >= 11 is 0. The summed E-state index contributed by atoms with van der Waals surface area (Å²) in [4.78, 5) is 20.3. The molecule has 2 N–H and O–H groups in total. The number of nitrogens with one attached hydrogen (secondary N) is 2. The van der Waals surface area contributed by atoms with Crippen LogP contribution in [0.2, 0.25) is 0 Å². The maximum Gasteiger partial charge on any atom is 0.227 e. The molecule has 0 aliphatic heterocycles. The maximum absolute atomic E-state index is 12.5. The van der Waals surface area contributed by atoms with Crippen molar-refractivity contribution >= 4 is 11.6 Å². The Kier molecular flexibility index (Phi) is 3.53. The molecule has 1 aliphatic carbocycles. The van der Waals surface area contributed by atoms with Crippen molar-refractivity contribution in [3.63, 3.8) is 0 Å². The fraction of sp³-hybridized carbons (Fsp3) is 0.412. The standard InChI is InChI=1S/C17H21N3O/c1-10-5-4-6-11(2)16(10)20-17(21)13-7-8-14-15(9-13)19-12(3)18-14/h4-6,13H,7-9H2,1-3H3,(H,18,19)(H,20,21). The van der Waals surface area contributed by atoms with E-state index in [0.29, 0.717) is 0 Å². The summed E-state index contributed by atoms with van der Waals surface area (Å²) in [6, 6.07) is 6.07. The van der Waals surface area contributed by atoms with Crippen molar-refractivity contribution in [2.24, 2.45) is 5.92 Å². The van der Waals surface area contributed by atoms with Crippen LogP contribution in [0.15, 0.2) is 18.2 Å². The van der Waals surface area contributed by atoms with E-state index in [1.807, 2.05) is 39.0 Å². The predicted octanol–water partition coefficient (Wildman–Crippen LogP) is 3.08. The second kappa shape index (κ2) is 5.35. The molecule has 21 heavy (non-hydrogen) atoms. The van der Waals surface area contributed by atoms with E-state index in [1.165, 1.54) is 0 Å². The highest BCUT2D eigenvalue weighted by Crippen LogP contribution is 2.26. The van der Waals surface area contributed by atoms with E-state index in [9.17, 15) is 4.79 Å². The van der Waals surface area contributed by atoms with Gasteiger partial charge < -0.3 is 10.3 Å². The Labute approximate surface area is 125 Å². The average molecular weight is 283 g/mol. The number of nitrogens with zero attached hydrogens (tertiary/aromatic N) is 1. The molecule has 1 unspecified atom stereocenters. The molecule has 110 valence electrons. The Balaban J connectivity index is 1.75. The second-order valence-electron chi connectivity index (χ2n) is 5.94. The molecule has 0 fully saturated rings. The van der Waals surface area contributed by atoms with E-state index in [2.05, 4.69) is 15.3 Å². The van der Waals surface area contributed by atoms with Gasteiger partial charge in [0.05, 0.1) is 5.69 Å². The first-order valence-electron chi connectivity index (χ1n) is 7.46. The minimum Gasteiger partial charge on any atom is -0.346 e. The van der Waals surface area contributed by atoms with Gasteiger partial charge in [-0.2, -0.15) is 0 Å². The first-order chi connectivity index (χ1) is 10.0. The van der Waals surface area contributed by atoms with Crippen LogP contribution < -0.4 is 5.32 Å². The topological polar surface area (TPSA) is 57.8 Å². The summed E-state index contributed by atoms with van der Waals surface area (Å²) in [6.45, 7) is 6.02. The molecule has 3 rings (SSSR count). The Morgan fingerprint density at radius 1 is 1.29 bits per heavy atom. The van der Waals surface area contributed by atoms with Gasteiger partial charge in [0, 0.05) is 23.7 Å². The van der Waals surface area contributed by atoms with Gasteiger partial charge in [0.1, 0.15) is 5.82 Å². The van der Waals surface area contributed by atoms with Crippen LogP contribution >= 0.6 is 0 Å². The van der Waals surface area contributed by atoms with E-state index in [0.717, 1.165) is 53.3 Å². The number of rotatable bonds is 2. The van der Waals surface area contributed by atoms with Crippen molar-refractivity contribution in [3.05, 3.63) is 46.5 Å². The summed E-state index contributed by atoms with van der Waals surface area (Å²) in [6.07, 6.45) is 2.51. The van der Waals surface area contributed by atoms with Gasteiger partial charge in [0.25, 0.3) is 0 Å². The molecular weight excluding hydrogens is 262 g/mol. The number of aromatic nitrogens is 2. The number of anilines is 1. The zero-order valence-corrected chi connectivity index (χ0v) is 12.8. The Hall–Kier alpha value is -2.10. The van der Waals surface area contributed by atoms with E-state index in [4.69, 9.17) is 0 Å². The van der Waals surface area contributed by atoms with Crippen molar-refractivity contribution in [2.45, 2.75) is 40.0 Å². The zero-order chi connectivity index (χ0) is 15.0. The number of benzene rings is 1. The molecule has 1 atom stereocenters. The van der Waals surface area contributed by atoms with Gasteiger partial charge in [0.15, 0.2) is 0 Å². The predicted molar refractivity (Wildman–Crippen MR) is 83.4 cm³/mol. The minimum atomic E-state index is 0.0244. The van der Waals surface area contributed by atoms with Gasteiger partial charge in [0.2, 0.25) is 5.91 Å². The van der Waals surface area contributed by atoms with E-state index in [-0.39, 0.29) is 11.8 Å². The molecule has 1 aromatic carbocycles. The van der Waals surface area contributed by atoms with Gasteiger partial charge in [-0.05, 0) is 44.7 Å². The molecule has 4 nitrogen and oxygen atoms in total. The van der Waals surface area contributed by atoms with Gasteiger partial charge >= 0.3 is 0 Å². The monoisotopic (exact) mass is 283 g/mol. The number of amides is 1. The normalized spacial score (nSPS) is 17.4. The fourth-order valence-electron chi connectivity index (χ4n) is 3.08. The van der Waals surface area contributed by atoms with Crippen LogP contribution in [0.25, 0.3) is 0 Å². The number of carbonyl (C=O) groups excluding carboxylic acids is 1. The SMILES string of the molecule is Cc1nc2c([nH]1)CC(C(=O)Nc1c(C)cccc1C)CC2. The number of para-hydroxylation sites is 1. The highest BCUT2D eigenvalue weighted by atomic mass is 16.1. The van der Waals surface area contributed by atoms with Crippen LogP contribution in [-0.4, -0.2) is 15.9 Å². The number of fused-ring (bicyclic) bond motifs is 1. The maximum atomic E-state index is 12.5. The number of hydrogen-bond acceptors (Lipinski definition) is 2. The number of aryl methyl sites for hydroxylation is 4. The quantitative estimate of drug-likeness (QED) is 0.890. The van der Waals surface area contributed by atoms with Gasteiger partial charge in [-0.1, -0.05) is 18.2 Å². The lowest BCUT2D eigenvalue weighted by atomic mass is 9.89. The lowest BCUT2D eigenvalue weighted by Crippen LogP contribution is -2.28. The molecule has 0 bridgehead atoms. The van der Waals surface area contributed by atoms with E-state index in [1.54, 1.807) is 0 Å². The van der Waals surface area contributed by atoms with Gasteiger partial charge in [-0.15, -0.1) is 0 Å². The first-order valence-corrected chi connectivity index (χ1v) is 7.46. The van der Waals surface area contributed by atoms with E-state index < -0.39 is 0 Å². The first kappa shape index (κ1) is 13.9. The molecule has 4 heteroatoms. The Bertz CT molecular complexity index is 667. The molecule has 0 spiro atoms. The molecule has 2 aromatic rings.